The van der Waals surface area contributed by atoms with Crippen LogP contribution in [0.4, 0.5) is 5.69 Å². The molecule has 1 heterocycles. The summed E-state index contributed by atoms with van der Waals surface area (Å²) in [6.45, 7) is 4.73. The maximum absolute atomic E-state index is 12.1. The molecule has 1 aliphatic heterocycles. The predicted molar refractivity (Wildman–Crippen MR) is 79.6 cm³/mol. The van der Waals surface area contributed by atoms with Crippen molar-refractivity contribution in [2.24, 2.45) is 5.92 Å². The summed E-state index contributed by atoms with van der Waals surface area (Å²) >= 11 is 6.00. The molecular weight excluding hydrogens is 274 g/mol. The molecule has 1 saturated heterocycles. The lowest BCUT2D eigenvalue weighted by atomic mass is 10.1. The van der Waals surface area contributed by atoms with E-state index in [2.05, 4.69) is 11.0 Å². The van der Waals surface area contributed by atoms with Crippen molar-refractivity contribution in [2.45, 2.75) is 13.3 Å². The van der Waals surface area contributed by atoms with Gasteiger partial charge in [-0.25, -0.2) is 0 Å². The van der Waals surface area contributed by atoms with Gasteiger partial charge in [-0.2, -0.15) is 5.26 Å². The summed E-state index contributed by atoms with van der Waals surface area (Å²) in [4.78, 5) is 16.1. The lowest BCUT2D eigenvalue weighted by molar-refractivity contribution is -0.134. The van der Waals surface area contributed by atoms with Crippen molar-refractivity contribution in [3.8, 4) is 6.07 Å². The first-order valence-corrected chi connectivity index (χ1v) is 7.22. The van der Waals surface area contributed by atoms with Gasteiger partial charge in [0.2, 0.25) is 5.91 Å². The number of halogens is 1. The predicted octanol–water partition coefficient (Wildman–Crippen LogP) is 2.54. The molecule has 1 amide bonds. The van der Waals surface area contributed by atoms with Gasteiger partial charge in [-0.05, 0) is 24.6 Å². The van der Waals surface area contributed by atoms with Gasteiger partial charge in [0.15, 0.2) is 0 Å². The molecule has 2 rings (SSSR count). The average Bonchev–Trinajstić information content (AvgIpc) is 2.48. The van der Waals surface area contributed by atoms with Crippen molar-refractivity contribution in [3.05, 3.63) is 29.3 Å². The standard InChI is InChI=1S/C15H18ClN3O/c1-2-12(11-17)15(20)19-8-6-18(7-9-19)14-5-3-4-13(16)10-14/h3-5,10,12H,2,6-9H2,1H3. The lowest BCUT2D eigenvalue weighted by Gasteiger charge is -2.36. The second-order valence-corrected chi connectivity index (χ2v) is 5.32. The number of hydrogen-bond donors (Lipinski definition) is 0. The highest BCUT2D eigenvalue weighted by atomic mass is 35.5. The maximum Gasteiger partial charge on any atom is 0.240 e. The molecule has 0 N–H and O–H groups in total. The number of rotatable bonds is 3. The van der Waals surface area contributed by atoms with Gasteiger partial charge in [0.25, 0.3) is 0 Å². The highest BCUT2D eigenvalue weighted by molar-refractivity contribution is 6.30. The van der Waals surface area contributed by atoms with Gasteiger partial charge in [-0.3, -0.25) is 4.79 Å². The van der Waals surface area contributed by atoms with Gasteiger partial charge in [-0.1, -0.05) is 24.6 Å². The van der Waals surface area contributed by atoms with E-state index in [1.54, 1.807) is 4.90 Å². The molecule has 20 heavy (non-hydrogen) atoms. The van der Waals surface area contributed by atoms with E-state index in [4.69, 9.17) is 16.9 Å². The van der Waals surface area contributed by atoms with Gasteiger partial charge in [0.05, 0.1) is 6.07 Å². The quantitative estimate of drug-likeness (QED) is 0.860. The van der Waals surface area contributed by atoms with E-state index in [1.165, 1.54) is 0 Å². The highest BCUT2D eigenvalue weighted by Crippen LogP contribution is 2.21. The van der Waals surface area contributed by atoms with Gasteiger partial charge >= 0.3 is 0 Å². The van der Waals surface area contributed by atoms with Gasteiger partial charge in [-0.15, -0.1) is 0 Å². The molecule has 1 aromatic rings. The summed E-state index contributed by atoms with van der Waals surface area (Å²) in [6.07, 6.45) is 0.573. The summed E-state index contributed by atoms with van der Waals surface area (Å²) in [6, 6.07) is 9.81. The zero-order valence-corrected chi connectivity index (χ0v) is 12.3. The summed E-state index contributed by atoms with van der Waals surface area (Å²) in [7, 11) is 0. The first kappa shape index (κ1) is 14.7. The molecule has 1 unspecified atom stereocenters. The van der Waals surface area contributed by atoms with E-state index in [0.29, 0.717) is 19.5 Å². The second-order valence-electron chi connectivity index (χ2n) is 4.88. The molecule has 0 spiro atoms. The molecule has 0 saturated carbocycles. The number of carbonyl (C=O) groups excluding carboxylic acids is 1. The van der Waals surface area contributed by atoms with Crippen molar-refractivity contribution >= 4 is 23.2 Å². The molecule has 4 nitrogen and oxygen atoms in total. The average molecular weight is 292 g/mol. The number of nitrogens with zero attached hydrogens (tertiary/aromatic N) is 3. The van der Waals surface area contributed by atoms with Crippen LogP contribution in [-0.4, -0.2) is 37.0 Å². The monoisotopic (exact) mass is 291 g/mol. The summed E-state index contributed by atoms with van der Waals surface area (Å²) < 4.78 is 0. The molecular formula is C15H18ClN3O. The Bertz CT molecular complexity index is 518. The molecule has 106 valence electrons. The first-order chi connectivity index (χ1) is 9.65. The Hall–Kier alpha value is -1.73. The van der Waals surface area contributed by atoms with Crippen LogP contribution in [0.3, 0.4) is 0 Å². The molecule has 0 aliphatic carbocycles. The zero-order chi connectivity index (χ0) is 14.5. The van der Waals surface area contributed by atoms with Crippen LogP contribution in [0.15, 0.2) is 24.3 Å². The number of carbonyl (C=O) groups is 1. The summed E-state index contributed by atoms with van der Waals surface area (Å²) in [5.41, 5.74) is 1.08. The van der Waals surface area contributed by atoms with Crippen molar-refractivity contribution in [2.75, 3.05) is 31.1 Å². The molecule has 1 aliphatic rings. The zero-order valence-electron chi connectivity index (χ0n) is 11.6. The normalized spacial score (nSPS) is 16.6. The Labute approximate surface area is 124 Å². The number of amides is 1. The number of piperazine rings is 1. The lowest BCUT2D eigenvalue weighted by Crippen LogP contribution is -2.50. The van der Waals surface area contributed by atoms with Crippen LogP contribution < -0.4 is 4.90 Å². The van der Waals surface area contributed by atoms with Crippen LogP contribution in [0.1, 0.15) is 13.3 Å². The number of benzene rings is 1. The minimum absolute atomic E-state index is 0.0410. The largest absolute Gasteiger partial charge is 0.368 e. The third-order valence-corrected chi connectivity index (χ3v) is 3.86. The van der Waals surface area contributed by atoms with Gasteiger partial charge in [0.1, 0.15) is 5.92 Å². The molecule has 1 atom stereocenters. The first-order valence-electron chi connectivity index (χ1n) is 6.84. The van der Waals surface area contributed by atoms with Crippen LogP contribution in [0, 0.1) is 17.2 Å². The Morgan fingerprint density at radius 1 is 1.40 bits per heavy atom. The van der Waals surface area contributed by atoms with E-state index in [0.717, 1.165) is 23.8 Å². The van der Waals surface area contributed by atoms with Crippen LogP contribution in [0.2, 0.25) is 5.02 Å². The fraction of sp³-hybridized carbons (Fsp3) is 0.467. The van der Waals surface area contributed by atoms with Crippen molar-refractivity contribution in [1.82, 2.24) is 4.90 Å². The molecule has 0 aromatic heterocycles. The van der Waals surface area contributed by atoms with E-state index < -0.39 is 5.92 Å². The van der Waals surface area contributed by atoms with Crippen molar-refractivity contribution in [1.29, 1.82) is 5.26 Å². The Morgan fingerprint density at radius 2 is 2.10 bits per heavy atom. The third-order valence-electron chi connectivity index (χ3n) is 3.63. The Kier molecular flexibility index (Phi) is 4.86. The SMILES string of the molecule is CCC(C#N)C(=O)N1CCN(c2cccc(Cl)c2)CC1. The molecule has 0 bridgehead atoms. The van der Waals surface area contributed by atoms with E-state index >= 15 is 0 Å². The van der Waals surface area contributed by atoms with Crippen LogP contribution >= 0.6 is 11.6 Å². The number of anilines is 1. The Balaban J connectivity index is 1.96. The van der Waals surface area contributed by atoms with Crippen LogP contribution in [-0.2, 0) is 4.79 Å². The maximum atomic E-state index is 12.1. The second kappa shape index (κ2) is 6.62. The smallest absolute Gasteiger partial charge is 0.240 e. The van der Waals surface area contributed by atoms with E-state index in [-0.39, 0.29) is 5.91 Å². The van der Waals surface area contributed by atoms with Gasteiger partial charge < -0.3 is 9.80 Å². The minimum atomic E-state index is -0.507. The molecule has 0 radical (unpaired) electrons. The van der Waals surface area contributed by atoms with Crippen molar-refractivity contribution in [3.63, 3.8) is 0 Å². The number of nitriles is 1. The third kappa shape index (κ3) is 3.23. The van der Waals surface area contributed by atoms with Crippen LogP contribution in [0.25, 0.3) is 0 Å². The fourth-order valence-electron chi connectivity index (χ4n) is 2.40. The Morgan fingerprint density at radius 3 is 2.65 bits per heavy atom. The summed E-state index contributed by atoms with van der Waals surface area (Å²) in [5.74, 6) is -0.548. The van der Waals surface area contributed by atoms with Crippen LogP contribution in [0.5, 0.6) is 0 Å². The summed E-state index contributed by atoms with van der Waals surface area (Å²) in [5, 5.41) is 9.68. The van der Waals surface area contributed by atoms with E-state index in [1.807, 2.05) is 31.2 Å². The minimum Gasteiger partial charge on any atom is -0.368 e. The number of hydrogen-bond acceptors (Lipinski definition) is 3. The molecule has 5 heteroatoms. The highest BCUT2D eigenvalue weighted by Gasteiger charge is 2.26. The van der Waals surface area contributed by atoms with Crippen molar-refractivity contribution < 1.29 is 4.79 Å². The fourth-order valence-corrected chi connectivity index (χ4v) is 2.58. The topological polar surface area (TPSA) is 47.3 Å². The van der Waals surface area contributed by atoms with Gasteiger partial charge in [0, 0.05) is 36.9 Å². The molecule has 1 aromatic carbocycles. The van der Waals surface area contributed by atoms with E-state index in [9.17, 15) is 4.79 Å². The molecule has 1 fully saturated rings.